The van der Waals surface area contributed by atoms with E-state index in [0.29, 0.717) is 22.8 Å². The highest BCUT2D eigenvalue weighted by atomic mass is 35.5. The number of amides is 1. The third-order valence-electron chi connectivity index (χ3n) is 6.15. The molecular weight excluding hydrogens is 530 g/mol. The molecule has 0 saturated carbocycles. The molecule has 3 aromatic carbocycles. The molecule has 0 radical (unpaired) electrons. The van der Waals surface area contributed by atoms with Crippen molar-refractivity contribution in [3.8, 4) is 0 Å². The number of rotatable bonds is 8. The van der Waals surface area contributed by atoms with E-state index in [9.17, 15) is 13.2 Å². The van der Waals surface area contributed by atoms with E-state index in [0.717, 1.165) is 48.1 Å². The van der Waals surface area contributed by atoms with Crippen LogP contribution in [-0.4, -0.2) is 63.5 Å². The summed E-state index contributed by atoms with van der Waals surface area (Å²) in [5.74, 6) is -0.245. The van der Waals surface area contributed by atoms with Gasteiger partial charge in [0, 0.05) is 50.5 Å². The van der Waals surface area contributed by atoms with Gasteiger partial charge in [-0.05, 0) is 42.5 Å². The number of halogens is 1. The summed E-state index contributed by atoms with van der Waals surface area (Å²) >= 11 is 7.93. The van der Waals surface area contributed by atoms with Crippen molar-refractivity contribution in [1.82, 2.24) is 15.2 Å². The van der Waals surface area contributed by atoms with Crippen LogP contribution in [0.5, 0.6) is 0 Å². The number of piperazine rings is 1. The van der Waals surface area contributed by atoms with Crippen molar-refractivity contribution in [1.29, 1.82) is 0 Å². The maximum Gasteiger partial charge on any atom is 0.261 e. The molecule has 1 aliphatic rings. The van der Waals surface area contributed by atoms with Crippen molar-refractivity contribution < 1.29 is 13.2 Å². The number of hydrogen-bond acceptors (Lipinski definition) is 7. The Hall–Kier alpha value is -3.18. The minimum Gasteiger partial charge on any atom is -0.351 e. The molecule has 0 bridgehead atoms. The zero-order chi connectivity index (χ0) is 25.8. The van der Waals surface area contributed by atoms with E-state index in [-0.39, 0.29) is 10.8 Å². The van der Waals surface area contributed by atoms with Crippen LogP contribution in [0.4, 0.5) is 10.8 Å². The second-order valence-electron chi connectivity index (χ2n) is 8.67. The van der Waals surface area contributed by atoms with Gasteiger partial charge in [-0.1, -0.05) is 53.3 Å². The first-order valence-corrected chi connectivity index (χ1v) is 14.6. The fourth-order valence-corrected chi connectivity index (χ4v) is 6.56. The first-order chi connectivity index (χ1) is 17.9. The van der Waals surface area contributed by atoms with Gasteiger partial charge in [0.1, 0.15) is 5.52 Å². The number of fused-ring (bicyclic) bond motifs is 1. The molecule has 5 rings (SSSR count). The van der Waals surface area contributed by atoms with Crippen LogP contribution >= 0.6 is 22.9 Å². The van der Waals surface area contributed by atoms with E-state index >= 15 is 0 Å². The first kappa shape index (κ1) is 25.5. The Labute approximate surface area is 224 Å². The zero-order valence-corrected chi connectivity index (χ0v) is 22.3. The van der Waals surface area contributed by atoms with Crippen molar-refractivity contribution in [2.45, 2.75) is 4.90 Å². The quantitative estimate of drug-likeness (QED) is 0.336. The Bertz CT molecular complexity index is 1500. The average molecular weight is 556 g/mol. The monoisotopic (exact) mass is 555 g/mol. The highest BCUT2D eigenvalue weighted by Gasteiger charge is 2.20. The van der Waals surface area contributed by atoms with Crippen molar-refractivity contribution in [3.05, 3.63) is 83.4 Å². The van der Waals surface area contributed by atoms with E-state index in [4.69, 9.17) is 16.6 Å². The SMILES string of the molecule is O=C(NCCN1CCN(c2nc3c(Cl)cccc3s2)CC1)c1cccc(NS(=O)(=O)c2ccccc2)c1. The number of carbonyl (C=O) groups is 1. The third kappa shape index (κ3) is 6.04. The molecule has 0 spiro atoms. The molecule has 1 aromatic heterocycles. The second-order valence-corrected chi connectivity index (χ2v) is 11.8. The molecule has 37 heavy (non-hydrogen) atoms. The largest absolute Gasteiger partial charge is 0.351 e. The minimum absolute atomic E-state index is 0.164. The van der Waals surface area contributed by atoms with E-state index in [1.165, 1.54) is 12.1 Å². The molecule has 4 aromatic rings. The van der Waals surface area contributed by atoms with E-state index in [1.54, 1.807) is 53.8 Å². The number of para-hydroxylation sites is 1. The van der Waals surface area contributed by atoms with Gasteiger partial charge in [0.05, 0.1) is 14.6 Å². The Kier molecular flexibility index (Phi) is 7.61. The Morgan fingerprint density at radius 3 is 2.49 bits per heavy atom. The molecule has 8 nitrogen and oxygen atoms in total. The van der Waals surface area contributed by atoms with Crippen molar-refractivity contribution in [3.63, 3.8) is 0 Å². The molecule has 2 N–H and O–H groups in total. The summed E-state index contributed by atoms with van der Waals surface area (Å²) < 4.78 is 28.8. The normalized spacial score (nSPS) is 14.6. The maximum atomic E-state index is 12.7. The summed E-state index contributed by atoms with van der Waals surface area (Å²) in [4.78, 5) is 22.2. The molecule has 0 unspecified atom stereocenters. The zero-order valence-electron chi connectivity index (χ0n) is 19.9. The molecular formula is C26H26ClN5O3S2. The number of carbonyl (C=O) groups excluding carboxylic acids is 1. The van der Waals surface area contributed by atoms with Crippen LogP contribution in [0, 0.1) is 0 Å². The van der Waals surface area contributed by atoms with Crippen molar-refractivity contribution in [2.75, 3.05) is 48.9 Å². The van der Waals surface area contributed by atoms with Crippen molar-refractivity contribution >= 4 is 59.9 Å². The number of nitrogens with zero attached hydrogens (tertiary/aromatic N) is 3. The van der Waals surface area contributed by atoms with Gasteiger partial charge in [0.2, 0.25) is 0 Å². The van der Waals surface area contributed by atoms with Gasteiger partial charge >= 0.3 is 0 Å². The van der Waals surface area contributed by atoms with Gasteiger partial charge in [-0.15, -0.1) is 0 Å². The van der Waals surface area contributed by atoms with Gasteiger partial charge in [-0.25, -0.2) is 13.4 Å². The lowest BCUT2D eigenvalue weighted by Gasteiger charge is -2.34. The number of benzene rings is 3. The first-order valence-electron chi connectivity index (χ1n) is 11.9. The lowest BCUT2D eigenvalue weighted by Crippen LogP contribution is -2.48. The summed E-state index contributed by atoms with van der Waals surface area (Å²) in [5, 5.41) is 4.60. The lowest BCUT2D eigenvalue weighted by molar-refractivity contribution is 0.0948. The second kappa shape index (κ2) is 11.1. The number of hydrogen-bond donors (Lipinski definition) is 2. The van der Waals surface area contributed by atoms with Gasteiger partial charge in [-0.3, -0.25) is 14.4 Å². The Balaban J connectivity index is 1.10. The smallest absolute Gasteiger partial charge is 0.261 e. The molecule has 1 saturated heterocycles. The van der Waals surface area contributed by atoms with Crippen LogP contribution in [-0.2, 0) is 10.0 Å². The fraction of sp³-hybridized carbons (Fsp3) is 0.231. The highest BCUT2D eigenvalue weighted by molar-refractivity contribution is 7.92. The Morgan fingerprint density at radius 1 is 0.973 bits per heavy atom. The predicted molar refractivity (Wildman–Crippen MR) is 149 cm³/mol. The van der Waals surface area contributed by atoms with Gasteiger partial charge in [0.15, 0.2) is 5.13 Å². The summed E-state index contributed by atoms with van der Waals surface area (Å²) in [6, 6.07) is 20.4. The predicted octanol–water partition coefficient (Wildman–Crippen LogP) is 4.30. The fourth-order valence-electron chi connectivity index (χ4n) is 4.17. The standard InChI is InChI=1S/C26H26ClN5O3S2/c27-22-10-5-11-23-24(22)29-26(36-23)32-16-14-31(15-17-32)13-12-28-25(33)19-6-4-7-20(18-19)30-37(34,35)21-8-2-1-3-9-21/h1-11,18,30H,12-17H2,(H,28,33). The summed E-state index contributed by atoms with van der Waals surface area (Å²) in [6.45, 7) is 4.68. The van der Waals surface area contributed by atoms with Gasteiger partial charge in [0.25, 0.3) is 15.9 Å². The summed E-state index contributed by atoms with van der Waals surface area (Å²) in [6.07, 6.45) is 0. The molecule has 1 fully saturated rings. The number of nitrogens with one attached hydrogen (secondary N) is 2. The van der Waals surface area contributed by atoms with Crippen LogP contribution in [0.2, 0.25) is 5.02 Å². The summed E-state index contributed by atoms with van der Waals surface area (Å²) in [7, 11) is -3.72. The molecule has 11 heteroatoms. The van der Waals surface area contributed by atoms with Crippen LogP contribution in [0.3, 0.4) is 0 Å². The maximum absolute atomic E-state index is 12.7. The molecule has 1 aliphatic heterocycles. The van der Waals surface area contributed by atoms with E-state index in [2.05, 4.69) is 19.8 Å². The summed E-state index contributed by atoms with van der Waals surface area (Å²) in [5.41, 5.74) is 1.59. The third-order valence-corrected chi connectivity index (χ3v) is 8.93. The van der Waals surface area contributed by atoms with Gasteiger partial charge < -0.3 is 10.2 Å². The highest BCUT2D eigenvalue weighted by Crippen LogP contribution is 2.33. The number of anilines is 2. The number of thiazole rings is 1. The van der Waals surface area contributed by atoms with Crippen LogP contribution < -0.4 is 14.9 Å². The van der Waals surface area contributed by atoms with Crippen LogP contribution in [0.1, 0.15) is 10.4 Å². The molecule has 0 atom stereocenters. The van der Waals surface area contributed by atoms with Crippen molar-refractivity contribution in [2.24, 2.45) is 0 Å². The average Bonchev–Trinajstić information content (AvgIpc) is 3.35. The van der Waals surface area contributed by atoms with Gasteiger partial charge in [-0.2, -0.15) is 0 Å². The minimum atomic E-state index is -3.72. The molecule has 192 valence electrons. The van der Waals surface area contributed by atoms with E-state index in [1.807, 2.05) is 18.2 Å². The number of sulfonamides is 1. The van der Waals surface area contributed by atoms with E-state index < -0.39 is 10.0 Å². The topological polar surface area (TPSA) is 94.6 Å². The van der Waals surface area contributed by atoms with Crippen LogP contribution in [0.15, 0.2) is 77.7 Å². The Morgan fingerprint density at radius 2 is 1.73 bits per heavy atom. The molecule has 1 amide bonds. The number of aromatic nitrogens is 1. The molecule has 2 heterocycles. The molecule has 0 aliphatic carbocycles. The van der Waals surface area contributed by atoms with Crippen LogP contribution in [0.25, 0.3) is 10.2 Å². The lowest BCUT2D eigenvalue weighted by atomic mass is 10.2.